The minimum atomic E-state index is -0.277. The zero-order valence-corrected chi connectivity index (χ0v) is 16.6. The molecular weight excluding hydrogens is 360 g/mol. The third-order valence-electron chi connectivity index (χ3n) is 5.94. The molecule has 1 aliphatic rings. The van der Waals surface area contributed by atoms with Crippen LogP contribution in [0.3, 0.4) is 0 Å². The summed E-state index contributed by atoms with van der Waals surface area (Å²) in [5.74, 6) is 0. The van der Waals surface area contributed by atoms with Crippen LogP contribution in [0.25, 0.3) is 21.7 Å². The highest BCUT2D eigenvalue weighted by atomic mass is 16.4. The minimum Gasteiger partial charge on any atom is -0.423 e. The van der Waals surface area contributed by atoms with E-state index in [0.29, 0.717) is 5.58 Å². The largest absolute Gasteiger partial charge is 0.423 e. The van der Waals surface area contributed by atoms with Gasteiger partial charge in [0.15, 0.2) is 0 Å². The lowest BCUT2D eigenvalue weighted by Crippen LogP contribution is -2.46. The molecule has 4 heteroatoms. The lowest BCUT2D eigenvalue weighted by atomic mass is 10.0. The first-order chi connectivity index (χ1) is 14.2. The fourth-order valence-electron chi connectivity index (χ4n) is 4.45. The average molecular weight is 384 g/mol. The molecule has 146 valence electrons. The first-order valence-corrected chi connectivity index (χ1v) is 10.2. The van der Waals surface area contributed by atoms with Gasteiger partial charge in [0.05, 0.1) is 0 Å². The van der Waals surface area contributed by atoms with Gasteiger partial charge < -0.3 is 9.32 Å². The predicted molar refractivity (Wildman–Crippen MR) is 119 cm³/mol. The monoisotopic (exact) mass is 384 g/mol. The van der Waals surface area contributed by atoms with Crippen molar-refractivity contribution in [3.63, 3.8) is 0 Å². The summed E-state index contributed by atoms with van der Waals surface area (Å²) in [5.41, 5.74) is 4.09. The molecule has 1 aromatic heterocycles. The summed E-state index contributed by atoms with van der Waals surface area (Å²) >= 11 is 0. The molecule has 0 aliphatic carbocycles. The number of hydrogen-bond acceptors (Lipinski definition) is 4. The Hall–Kier alpha value is -3.11. The van der Waals surface area contributed by atoms with Gasteiger partial charge in [-0.15, -0.1) is 0 Å². The van der Waals surface area contributed by atoms with Crippen LogP contribution in [0.5, 0.6) is 0 Å². The maximum Gasteiger partial charge on any atom is 0.336 e. The molecule has 1 saturated heterocycles. The molecule has 4 nitrogen and oxygen atoms in total. The van der Waals surface area contributed by atoms with E-state index in [9.17, 15) is 4.79 Å². The van der Waals surface area contributed by atoms with Crippen LogP contribution in [0, 0.1) is 6.92 Å². The van der Waals surface area contributed by atoms with Crippen LogP contribution < -0.4 is 10.5 Å². The van der Waals surface area contributed by atoms with E-state index < -0.39 is 0 Å². The van der Waals surface area contributed by atoms with Crippen molar-refractivity contribution in [1.29, 1.82) is 0 Å². The topological polar surface area (TPSA) is 36.7 Å². The number of rotatable bonds is 3. The van der Waals surface area contributed by atoms with Crippen molar-refractivity contribution in [3.8, 4) is 0 Å². The number of anilines is 1. The molecule has 0 unspecified atom stereocenters. The molecule has 3 aromatic carbocycles. The van der Waals surface area contributed by atoms with Gasteiger partial charge in [-0.25, -0.2) is 4.79 Å². The fraction of sp³-hybridized carbons (Fsp3) is 0.240. The van der Waals surface area contributed by atoms with Crippen molar-refractivity contribution < 1.29 is 4.42 Å². The van der Waals surface area contributed by atoms with Crippen LogP contribution >= 0.6 is 0 Å². The number of piperazine rings is 1. The molecule has 0 radical (unpaired) electrons. The van der Waals surface area contributed by atoms with Gasteiger partial charge in [0.2, 0.25) is 0 Å². The second-order valence-corrected chi connectivity index (χ2v) is 7.80. The highest BCUT2D eigenvalue weighted by Gasteiger charge is 2.20. The summed E-state index contributed by atoms with van der Waals surface area (Å²) in [5, 5.41) is 3.37. The number of hydrogen-bond donors (Lipinski definition) is 0. The van der Waals surface area contributed by atoms with Crippen molar-refractivity contribution in [3.05, 3.63) is 88.3 Å². The lowest BCUT2D eigenvalue weighted by Gasteiger charge is -2.37. The summed E-state index contributed by atoms with van der Waals surface area (Å²) in [6.45, 7) is 6.86. The zero-order chi connectivity index (χ0) is 19.8. The molecule has 4 aromatic rings. The minimum absolute atomic E-state index is 0.277. The van der Waals surface area contributed by atoms with E-state index in [1.807, 2.05) is 24.3 Å². The number of nitrogens with zero attached hydrogens (tertiary/aromatic N) is 2. The molecule has 1 fully saturated rings. The zero-order valence-electron chi connectivity index (χ0n) is 16.6. The molecule has 5 rings (SSSR count). The van der Waals surface area contributed by atoms with Gasteiger partial charge in [-0.2, -0.15) is 0 Å². The van der Waals surface area contributed by atoms with Crippen LogP contribution in [0.1, 0.15) is 11.1 Å². The van der Waals surface area contributed by atoms with Gasteiger partial charge in [0.25, 0.3) is 0 Å². The number of benzene rings is 3. The van der Waals surface area contributed by atoms with Gasteiger partial charge in [-0.05, 0) is 41.0 Å². The Kier molecular flexibility index (Phi) is 4.57. The van der Waals surface area contributed by atoms with E-state index in [2.05, 4.69) is 53.1 Å². The van der Waals surface area contributed by atoms with Crippen molar-refractivity contribution in [2.24, 2.45) is 0 Å². The Morgan fingerprint density at radius 3 is 2.48 bits per heavy atom. The Morgan fingerprint density at radius 1 is 0.897 bits per heavy atom. The summed E-state index contributed by atoms with van der Waals surface area (Å²) in [4.78, 5) is 17.1. The van der Waals surface area contributed by atoms with Crippen molar-refractivity contribution in [2.75, 3.05) is 31.1 Å². The van der Waals surface area contributed by atoms with Gasteiger partial charge >= 0.3 is 5.63 Å². The maximum absolute atomic E-state index is 12.2. The molecular formula is C25H24N2O2. The van der Waals surface area contributed by atoms with E-state index in [-0.39, 0.29) is 5.63 Å². The smallest absolute Gasteiger partial charge is 0.336 e. The van der Waals surface area contributed by atoms with Gasteiger partial charge in [0.1, 0.15) is 5.58 Å². The van der Waals surface area contributed by atoms with E-state index in [1.165, 1.54) is 16.6 Å². The summed E-state index contributed by atoms with van der Waals surface area (Å²) in [7, 11) is 0. The molecule has 0 spiro atoms. The van der Waals surface area contributed by atoms with Crippen molar-refractivity contribution in [1.82, 2.24) is 4.90 Å². The summed E-state index contributed by atoms with van der Waals surface area (Å²) in [6, 6.07) is 22.5. The van der Waals surface area contributed by atoms with Gasteiger partial charge in [0, 0.05) is 49.9 Å². The fourth-order valence-corrected chi connectivity index (χ4v) is 4.45. The first kappa shape index (κ1) is 18.0. The number of aryl methyl sites for hydroxylation is 1. The molecule has 0 amide bonds. The number of para-hydroxylation sites is 1. The Morgan fingerprint density at radius 2 is 1.66 bits per heavy atom. The second kappa shape index (κ2) is 7.37. The van der Waals surface area contributed by atoms with Gasteiger partial charge in [-0.1, -0.05) is 48.5 Å². The molecule has 1 aliphatic heterocycles. The van der Waals surface area contributed by atoms with Crippen LogP contribution in [0.2, 0.25) is 0 Å². The molecule has 0 atom stereocenters. The molecule has 29 heavy (non-hydrogen) atoms. The molecule has 0 bridgehead atoms. The predicted octanol–water partition coefficient (Wildman–Crippen LogP) is 4.58. The second-order valence-electron chi connectivity index (χ2n) is 7.80. The highest BCUT2D eigenvalue weighted by Crippen LogP contribution is 2.28. The van der Waals surface area contributed by atoms with E-state index in [4.69, 9.17) is 4.42 Å². The van der Waals surface area contributed by atoms with Crippen LogP contribution in [0.15, 0.2) is 75.9 Å². The van der Waals surface area contributed by atoms with E-state index in [0.717, 1.165) is 49.1 Å². The standard InChI is InChI=1S/C25H24N2O2/c1-18-6-2-5-9-22(18)27-14-12-26(13-15-27)17-20-16-24(28)29-23-11-10-19-7-3-4-8-21(19)25(20)23/h2-11,16H,12-15,17H2,1H3. The van der Waals surface area contributed by atoms with Crippen LogP contribution in [-0.4, -0.2) is 31.1 Å². The van der Waals surface area contributed by atoms with Crippen molar-refractivity contribution in [2.45, 2.75) is 13.5 Å². The molecule has 0 N–H and O–H groups in total. The first-order valence-electron chi connectivity index (χ1n) is 10.2. The average Bonchev–Trinajstić information content (AvgIpc) is 2.74. The Labute approximate surface area is 170 Å². The third-order valence-corrected chi connectivity index (χ3v) is 5.94. The molecule has 2 heterocycles. The highest BCUT2D eigenvalue weighted by molar-refractivity contribution is 6.07. The normalized spacial score (nSPS) is 15.3. The van der Waals surface area contributed by atoms with Crippen LogP contribution in [0.4, 0.5) is 5.69 Å². The number of fused-ring (bicyclic) bond motifs is 3. The maximum atomic E-state index is 12.2. The van der Waals surface area contributed by atoms with E-state index in [1.54, 1.807) is 6.07 Å². The van der Waals surface area contributed by atoms with Crippen molar-refractivity contribution >= 4 is 27.4 Å². The van der Waals surface area contributed by atoms with E-state index >= 15 is 0 Å². The SMILES string of the molecule is Cc1ccccc1N1CCN(Cc2cc(=O)oc3ccc4ccccc4c23)CC1. The van der Waals surface area contributed by atoms with Crippen LogP contribution in [-0.2, 0) is 6.54 Å². The lowest BCUT2D eigenvalue weighted by molar-refractivity contribution is 0.250. The summed E-state index contributed by atoms with van der Waals surface area (Å²) < 4.78 is 5.51. The van der Waals surface area contributed by atoms with Gasteiger partial charge in [-0.3, -0.25) is 4.90 Å². The summed E-state index contributed by atoms with van der Waals surface area (Å²) in [6.07, 6.45) is 0. The Balaban J connectivity index is 1.43. The Bertz CT molecular complexity index is 1240. The third kappa shape index (κ3) is 3.40. The quantitative estimate of drug-likeness (QED) is 0.383. The molecule has 0 saturated carbocycles.